The van der Waals surface area contributed by atoms with E-state index in [4.69, 9.17) is 0 Å². The van der Waals surface area contributed by atoms with Gasteiger partial charge in [0.1, 0.15) is 5.01 Å². The second-order valence-corrected chi connectivity index (χ2v) is 6.48. The fourth-order valence-corrected chi connectivity index (χ4v) is 3.72. The Balaban J connectivity index is 1.75. The summed E-state index contributed by atoms with van der Waals surface area (Å²) in [4.78, 5) is 22.3. The van der Waals surface area contributed by atoms with Crippen molar-refractivity contribution in [2.75, 3.05) is 0 Å². The largest absolute Gasteiger partial charge is 0.493 e. The minimum Gasteiger partial charge on any atom is -0.493 e. The summed E-state index contributed by atoms with van der Waals surface area (Å²) in [5, 5.41) is 12.7. The minimum absolute atomic E-state index is 0.273. The van der Waals surface area contributed by atoms with Crippen LogP contribution in [0.25, 0.3) is 10.6 Å². The zero-order valence-electron chi connectivity index (χ0n) is 11.7. The Morgan fingerprint density at radius 2 is 2.14 bits per heavy atom. The number of rotatable bonds is 4. The molecule has 0 atom stereocenters. The zero-order valence-corrected chi connectivity index (χ0v) is 13.4. The van der Waals surface area contributed by atoms with Crippen molar-refractivity contribution in [3.8, 4) is 16.5 Å². The van der Waals surface area contributed by atoms with E-state index in [1.165, 1.54) is 17.3 Å². The molecule has 2 aromatic heterocycles. The van der Waals surface area contributed by atoms with Gasteiger partial charge in [0.25, 0.3) is 5.56 Å². The highest BCUT2D eigenvalue weighted by atomic mass is 32.2. The Morgan fingerprint density at radius 3 is 2.91 bits per heavy atom. The van der Waals surface area contributed by atoms with E-state index in [1.54, 1.807) is 11.3 Å². The van der Waals surface area contributed by atoms with Gasteiger partial charge in [-0.3, -0.25) is 4.79 Å². The number of hydrogen-bond donors (Lipinski definition) is 2. The van der Waals surface area contributed by atoms with Crippen LogP contribution in [0.1, 0.15) is 11.3 Å². The van der Waals surface area contributed by atoms with Crippen LogP contribution in [0.5, 0.6) is 5.88 Å². The van der Waals surface area contributed by atoms with Gasteiger partial charge < -0.3 is 10.1 Å². The number of nitrogens with zero attached hydrogens (tertiary/aromatic N) is 2. The van der Waals surface area contributed by atoms with Gasteiger partial charge in [-0.1, -0.05) is 36.0 Å². The summed E-state index contributed by atoms with van der Waals surface area (Å²) in [5.41, 5.74) is 2.87. The van der Waals surface area contributed by atoms with Crippen LogP contribution in [-0.2, 0) is 5.75 Å². The summed E-state index contributed by atoms with van der Waals surface area (Å²) in [6.07, 6.45) is 0. The van der Waals surface area contributed by atoms with Crippen LogP contribution in [0.15, 0.2) is 45.7 Å². The minimum atomic E-state index is -0.367. The molecule has 2 N–H and O–H groups in total. The maximum absolute atomic E-state index is 11.3. The topological polar surface area (TPSA) is 78.9 Å². The highest BCUT2D eigenvalue weighted by Crippen LogP contribution is 2.28. The molecular weight excluding hydrogens is 318 g/mol. The molecule has 0 amide bonds. The van der Waals surface area contributed by atoms with Crippen LogP contribution < -0.4 is 5.56 Å². The average Bonchev–Trinajstić information content (AvgIpc) is 2.93. The first-order chi connectivity index (χ1) is 10.6. The number of aryl methyl sites for hydroxylation is 1. The van der Waals surface area contributed by atoms with E-state index >= 15 is 0 Å². The van der Waals surface area contributed by atoms with E-state index in [2.05, 4.69) is 34.0 Å². The molecule has 1 aromatic carbocycles. The molecular formula is C15H13N3O2S2. The molecule has 7 heteroatoms. The molecule has 0 unspecified atom stereocenters. The number of aromatic amines is 1. The van der Waals surface area contributed by atoms with Crippen molar-refractivity contribution in [2.24, 2.45) is 0 Å². The molecule has 5 nitrogen and oxygen atoms in total. The summed E-state index contributed by atoms with van der Waals surface area (Å²) in [7, 11) is 0. The Kier molecular flexibility index (Phi) is 4.26. The lowest BCUT2D eigenvalue weighted by molar-refractivity contribution is 0.444. The lowest BCUT2D eigenvalue weighted by atomic mass is 10.1. The van der Waals surface area contributed by atoms with Gasteiger partial charge in [-0.25, -0.2) is 4.98 Å². The molecule has 0 saturated heterocycles. The van der Waals surface area contributed by atoms with Gasteiger partial charge in [-0.2, -0.15) is 4.98 Å². The number of H-pyrrole nitrogens is 1. The van der Waals surface area contributed by atoms with Gasteiger partial charge in [0.05, 0.1) is 11.8 Å². The van der Waals surface area contributed by atoms with Gasteiger partial charge in [0.2, 0.25) is 5.88 Å². The van der Waals surface area contributed by atoms with Crippen LogP contribution in [0.4, 0.5) is 0 Å². The molecule has 3 aromatic rings. The van der Waals surface area contributed by atoms with Crippen molar-refractivity contribution >= 4 is 23.1 Å². The molecule has 22 heavy (non-hydrogen) atoms. The maximum Gasteiger partial charge on any atom is 0.255 e. The molecule has 0 aliphatic heterocycles. The Labute approximate surface area is 135 Å². The third kappa shape index (κ3) is 3.37. The lowest BCUT2D eigenvalue weighted by Gasteiger charge is -2.01. The monoisotopic (exact) mass is 331 g/mol. The van der Waals surface area contributed by atoms with Gasteiger partial charge in [-0.15, -0.1) is 11.3 Å². The van der Waals surface area contributed by atoms with E-state index < -0.39 is 0 Å². The van der Waals surface area contributed by atoms with E-state index in [9.17, 15) is 9.90 Å². The summed E-state index contributed by atoms with van der Waals surface area (Å²) < 4.78 is 0. The highest BCUT2D eigenvalue weighted by molar-refractivity contribution is 7.98. The Hall–Kier alpha value is -2.12. The molecule has 112 valence electrons. The molecule has 2 heterocycles. The Bertz CT molecular complexity index is 858. The summed E-state index contributed by atoms with van der Waals surface area (Å²) in [6.45, 7) is 2.06. The van der Waals surface area contributed by atoms with E-state index in [1.807, 2.05) is 17.5 Å². The van der Waals surface area contributed by atoms with E-state index in [0.29, 0.717) is 10.9 Å². The number of benzene rings is 1. The molecule has 0 bridgehead atoms. The first-order valence-electron chi connectivity index (χ1n) is 6.55. The van der Waals surface area contributed by atoms with E-state index in [0.717, 1.165) is 22.3 Å². The van der Waals surface area contributed by atoms with Crippen molar-refractivity contribution in [1.82, 2.24) is 15.0 Å². The van der Waals surface area contributed by atoms with Crippen LogP contribution in [0.2, 0.25) is 0 Å². The molecule has 0 fully saturated rings. The van der Waals surface area contributed by atoms with Gasteiger partial charge in [0.15, 0.2) is 5.16 Å². The van der Waals surface area contributed by atoms with Crippen LogP contribution in [-0.4, -0.2) is 20.1 Å². The standard InChI is InChI=1S/C15H13N3O2S2/c1-9-4-2-3-5-11(9)14-16-10(7-21-14)8-22-15-17-12(19)6-13(20)18-15/h2-7H,8H2,1H3,(H2,17,18,19,20). The van der Waals surface area contributed by atoms with Crippen molar-refractivity contribution < 1.29 is 5.11 Å². The summed E-state index contributed by atoms with van der Waals surface area (Å²) >= 11 is 2.92. The van der Waals surface area contributed by atoms with Crippen molar-refractivity contribution in [3.63, 3.8) is 0 Å². The predicted molar refractivity (Wildman–Crippen MR) is 88.4 cm³/mol. The number of aromatic nitrogens is 3. The second kappa shape index (κ2) is 6.33. The molecule has 0 aliphatic carbocycles. The average molecular weight is 331 g/mol. The second-order valence-electron chi connectivity index (χ2n) is 4.66. The van der Waals surface area contributed by atoms with E-state index in [-0.39, 0.29) is 11.4 Å². The lowest BCUT2D eigenvalue weighted by Crippen LogP contribution is -2.06. The zero-order chi connectivity index (χ0) is 15.5. The van der Waals surface area contributed by atoms with Crippen LogP contribution in [0.3, 0.4) is 0 Å². The maximum atomic E-state index is 11.3. The number of hydrogen-bond acceptors (Lipinski definition) is 6. The summed E-state index contributed by atoms with van der Waals surface area (Å²) in [6, 6.07) is 9.17. The van der Waals surface area contributed by atoms with Crippen molar-refractivity contribution in [3.05, 3.63) is 57.3 Å². The fraction of sp³-hybridized carbons (Fsp3) is 0.133. The predicted octanol–water partition coefficient (Wildman–Crippen LogP) is 3.20. The number of thiazole rings is 1. The van der Waals surface area contributed by atoms with Crippen molar-refractivity contribution in [1.29, 1.82) is 0 Å². The molecule has 0 spiro atoms. The van der Waals surface area contributed by atoms with Crippen LogP contribution in [0, 0.1) is 6.92 Å². The van der Waals surface area contributed by atoms with Gasteiger partial charge in [0, 0.05) is 16.7 Å². The number of aromatic hydroxyl groups is 1. The first-order valence-corrected chi connectivity index (χ1v) is 8.42. The SMILES string of the molecule is Cc1ccccc1-c1nc(CSc2nc(O)cc(=O)[nH]2)cs1. The van der Waals surface area contributed by atoms with Crippen LogP contribution >= 0.6 is 23.1 Å². The highest BCUT2D eigenvalue weighted by Gasteiger charge is 2.08. The molecule has 3 rings (SSSR count). The Morgan fingerprint density at radius 1 is 1.32 bits per heavy atom. The third-order valence-electron chi connectivity index (χ3n) is 2.99. The fourth-order valence-electron chi connectivity index (χ4n) is 1.94. The molecule has 0 radical (unpaired) electrons. The smallest absolute Gasteiger partial charge is 0.255 e. The van der Waals surface area contributed by atoms with Crippen molar-refractivity contribution in [2.45, 2.75) is 17.8 Å². The third-order valence-corrected chi connectivity index (χ3v) is 4.82. The normalized spacial score (nSPS) is 10.8. The summed E-state index contributed by atoms with van der Waals surface area (Å²) in [5.74, 6) is 0.305. The van der Waals surface area contributed by atoms with Gasteiger partial charge in [-0.05, 0) is 12.5 Å². The molecule has 0 saturated carbocycles. The number of nitrogens with one attached hydrogen (secondary N) is 1. The number of thioether (sulfide) groups is 1. The molecule has 0 aliphatic rings. The van der Waals surface area contributed by atoms with Gasteiger partial charge >= 0.3 is 0 Å². The quantitative estimate of drug-likeness (QED) is 0.567. The first kappa shape index (κ1) is 14.8.